The van der Waals surface area contributed by atoms with Gasteiger partial charge in [0.05, 0.1) is 32.7 Å². The van der Waals surface area contributed by atoms with E-state index >= 15 is 0 Å². The summed E-state index contributed by atoms with van der Waals surface area (Å²) in [6.07, 6.45) is 46.9. The smallest absolute Gasteiger partial charge is 0.285 e. The molecule has 0 spiro atoms. The summed E-state index contributed by atoms with van der Waals surface area (Å²) >= 11 is 0. The molecule has 0 bridgehead atoms. The van der Waals surface area contributed by atoms with Crippen molar-refractivity contribution in [2.45, 2.75) is 300 Å². The average molecular weight is 850 g/mol. The minimum absolute atomic E-state index is 0.205. The lowest BCUT2D eigenvalue weighted by molar-refractivity contribution is -0.407. The van der Waals surface area contributed by atoms with Gasteiger partial charge in [0.2, 0.25) is 0 Å². The molecule has 0 aliphatic carbocycles. The average Bonchev–Trinajstić information content (AvgIpc) is 3.17. The molecule has 4 heteroatoms. The lowest BCUT2D eigenvalue weighted by Crippen LogP contribution is -2.47. The predicted molar refractivity (Wildman–Crippen MR) is 266 cm³/mol. The van der Waals surface area contributed by atoms with E-state index in [1.807, 2.05) is 6.26 Å². The van der Waals surface area contributed by atoms with Crippen molar-refractivity contribution in [3.63, 3.8) is 0 Å². The maximum atomic E-state index is 7.07. The maximum Gasteiger partial charge on any atom is 0.285 e. The highest BCUT2D eigenvalue weighted by atomic mass is 16.9. The molecule has 0 amide bonds. The summed E-state index contributed by atoms with van der Waals surface area (Å²) < 4.78 is 27.1. The first-order valence-corrected chi connectivity index (χ1v) is 26.8. The van der Waals surface area contributed by atoms with Gasteiger partial charge in [-0.05, 0) is 80.5 Å². The normalized spacial score (nSPS) is 13.5. The fourth-order valence-corrected chi connectivity index (χ4v) is 8.36. The van der Waals surface area contributed by atoms with Crippen molar-refractivity contribution in [3.05, 3.63) is 12.3 Å². The third-order valence-electron chi connectivity index (χ3n) is 12.3. The second kappa shape index (κ2) is 38.8. The lowest BCUT2D eigenvalue weighted by atomic mass is 9.89. The molecule has 0 radical (unpaired) electrons. The third kappa shape index (κ3) is 41.4. The molecule has 0 aromatic carbocycles. The Bertz CT molecular complexity index is 822. The number of unbranched alkanes of at least 4 members (excludes halogenated alkanes) is 23. The minimum Gasteiger partial charge on any atom is -0.502 e. The summed E-state index contributed by atoms with van der Waals surface area (Å²) in [4.78, 5) is 0. The molecule has 0 saturated carbocycles. The molecule has 360 valence electrons. The molecule has 60 heavy (non-hydrogen) atoms. The zero-order chi connectivity index (χ0) is 44.7. The summed E-state index contributed by atoms with van der Waals surface area (Å²) in [5, 5.41) is 0. The maximum absolute atomic E-state index is 7.07. The Labute approximate surface area is 379 Å². The zero-order valence-corrected chi connectivity index (χ0v) is 43.2. The van der Waals surface area contributed by atoms with Crippen LogP contribution in [-0.2, 0) is 18.9 Å². The second-order valence-electron chi connectivity index (χ2n) is 22.6. The van der Waals surface area contributed by atoms with Crippen molar-refractivity contribution >= 4 is 0 Å². The van der Waals surface area contributed by atoms with E-state index in [1.54, 1.807) is 0 Å². The van der Waals surface area contributed by atoms with Gasteiger partial charge in [0.25, 0.3) is 5.97 Å². The quantitative estimate of drug-likeness (QED) is 0.0348. The molecule has 1 atom stereocenters. The number of ether oxygens (including phenoxy) is 4. The standard InChI is InChI=1S/C56H112O4/c1-12-14-16-17-27-34-42-52(43-41-48-57-47-15-13-2)56(58-49-38-31-24-18-21-28-35-44-53(3,4)5,59-50-39-32-25-19-22-29-36-45-54(6,7)8)60-51-40-33-26-20-23-30-37-46-55(9,10)11/h15,47,52H,12-14,16-46,48-51H2,1-11H3. The monoisotopic (exact) mass is 849 g/mol. The molecule has 0 heterocycles. The Hall–Kier alpha value is -0.580. The van der Waals surface area contributed by atoms with Crippen molar-refractivity contribution in [1.29, 1.82) is 0 Å². The first-order chi connectivity index (χ1) is 28.6. The van der Waals surface area contributed by atoms with Crippen LogP contribution in [0.25, 0.3) is 0 Å². The fourth-order valence-electron chi connectivity index (χ4n) is 8.36. The van der Waals surface area contributed by atoms with Gasteiger partial charge in [-0.2, -0.15) is 0 Å². The second-order valence-corrected chi connectivity index (χ2v) is 22.6. The van der Waals surface area contributed by atoms with Crippen molar-refractivity contribution in [3.8, 4) is 0 Å². The van der Waals surface area contributed by atoms with Gasteiger partial charge in [-0.15, -0.1) is 0 Å². The predicted octanol–water partition coefficient (Wildman–Crippen LogP) is 19.3. The molecule has 0 aromatic rings. The van der Waals surface area contributed by atoms with Crippen LogP contribution in [0.1, 0.15) is 294 Å². The van der Waals surface area contributed by atoms with Crippen molar-refractivity contribution in [2.75, 3.05) is 26.4 Å². The molecular formula is C56H112O4. The highest BCUT2D eigenvalue weighted by Crippen LogP contribution is 2.36. The summed E-state index contributed by atoms with van der Waals surface area (Å²) in [6, 6.07) is 0. The topological polar surface area (TPSA) is 36.9 Å². The molecule has 0 saturated heterocycles. The first-order valence-electron chi connectivity index (χ1n) is 26.8. The van der Waals surface area contributed by atoms with Crippen LogP contribution in [0.15, 0.2) is 12.3 Å². The number of allylic oxidation sites excluding steroid dienone is 1. The number of hydrogen-bond acceptors (Lipinski definition) is 4. The van der Waals surface area contributed by atoms with Crippen LogP contribution in [0.3, 0.4) is 0 Å². The van der Waals surface area contributed by atoms with E-state index in [-0.39, 0.29) is 5.92 Å². The van der Waals surface area contributed by atoms with Gasteiger partial charge in [0, 0.05) is 5.92 Å². The van der Waals surface area contributed by atoms with Gasteiger partial charge >= 0.3 is 0 Å². The fraction of sp³-hybridized carbons (Fsp3) is 0.964. The van der Waals surface area contributed by atoms with Gasteiger partial charge in [0.15, 0.2) is 0 Å². The largest absolute Gasteiger partial charge is 0.502 e. The molecule has 0 rings (SSSR count). The first kappa shape index (κ1) is 59.4. The molecule has 0 N–H and O–H groups in total. The van der Waals surface area contributed by atoms with Crippen molar-refractivity contribution in [1.82, 2.24) is 0 Å². The molecule has 0 aliphatic heterocycles. The van der Waals surface area contributed by atoms with Crippen LogP contribution in [0.5, 0.6) is 0 Å². The van der Waals surface area contributed by atoms with Gasteiger partial charge < -0.3 is 18.9 Å². The summed E-state index contributed by atoms with van der Waals surface area (Å²) in [5.41, 5.74) is 1.37. The Kier molecular flexibility index (Phi) is 38.5. The van der Waals surface area contributed by atoms with Crippen LogP contribution < -0.4 is 0 Å². The highest BCUT2D eigenvalue weighted by molar-refractivity contribution is 4.75. The van der Waals surface area contributed by atoms with E-state index in [4.69, 9.17) is 18.9 Å². The minimum atomic E-state index is -0.963. The zero-order valence-electron chi connectivity index (χ0n) is 43.2. The van der Waals surface area contributed by atoms with E-state index in [0.29, 0.717) is 16.2 Å². The van der Waals surface area contributed by atoms with Gasteiger partial charge in [0.1, 0.15) is 0 Å². The number of hydrogen-bond donors (Lipinski definition) is 0. The van der Waals surface area contributed by atoms with Gasteiger partial charge in [-0.1, -0.05) is 236 Å². The molecular weight excluding hydrogens is 737 g/mol. The van der Waals surface area contributed by atoms with Gasteiger partial charge in [-0.25, -0.2) is 0 Å². The highest BCUT2D eigenvalue weighted by Gasteiger charge is 2.42. The summed E-state index contributed by atoms with van der Waals surface area (Å²) in [7, 11) is 0. The van der Waals surface area contributed by atoms with E-state index in [9.17, 15) is 0 Å². The van der Waals surface area contributed by atoms with Crippen LogP contribution in [-0.4, -0.2) is 32.4 Å². The molecule has 4 nitrogen and oxygen atoms in total. The Morgan fingerprint density at radius 1 is 0.350 bits per heavy atom. The van der Waals surface area contributed by atoms with E-state index in [1.165, 1.54) is 173 Å². The van der Waals surface area contributed by atoms with Crippen LogP contribution >= 0.6 is 0 Å². The van der Waals surface area contributed by atoms with Crippen LogP contribution in [0.4, 0.5) is 0 Å². The molecule has 0 fully saturated rings. The molecule has 0 aromatic heterocycles. The summed E-state index contributed by atoms with van der Waals surface area (Å²) in [6.45, 7) is 28.7. The molecule has 1 unspecified atom stereocenters. The van der Waals surface area contributed by atoms with Gasteiger partial charge in [-0.3, -0.25) is 0 Å². The van der Waals surface area contributed by atoms with E-state index in [0.717, 1.165) is 71.4 Å². The summed E-state index contributed by atoms with van der Waals surface area (Å²) in [5.74, 6) is -0.758. The van der Waals surface area contributed by atoms with Crippen LogP contribution in [0, 0.1) is 22.2 Å². The molecule has 0 aliphatic rings. The van der Waals surface area contributed by atoms with E-state index < -0.39 is 5.97 Å². The van der Waals surface area contributed by atoms with E-state index in [2.05, 4.69) is 82.2 Å². The van der Waals surface area contributed by atoms with Crippen molar-refractivity contribution < 1.29 is 18.9 Å². The third-order valence-corrected chi connectivity index (χ3v) is 12.3. The Balaban J connectivity index is 5.74. The Morgan fingerprint density at radius 2 is 0.667 bits per heavy atom. The Morgan fingerprint density at radius 3 is 1.02 bits per heavy atom. The lowest BCUT2D eigenvalue weighted by Gasteiger charge is -2.40. The van der Waals surface area contributed by atoms with Crippen molar-refractivity contribution in [2.24, 2.45) is 22.2 Å². The SMILES string of the molecule is CCC=COCCCC(CCCCCCCC)C(OCCCCCCCCCC(C)(C)C)(OCCCCCCCCCC(C)(C)C)OCCCCCCCCCC(C)(C)C. The van der Waals surface area contributed by atoms with Crippen LogP contribution in [0.2, 0.25) is 0 Å². The number of rotatable bonds is 44.